The van der Waals surface area contributed by atoms with Crippen LogP contribution in [0, 0.1) is 0 Å². The van der Waals surface area contributed by atoms with E-state index in [-0.39, 0.29) is 5.69 Å². The fourth-order valence-electron chi connectivity index (χ4n) is 8.62. The van der Waals surface area contributed by atoms with E-state index in [1.807, 2.05) is 78.9 Å². The van der Waals surface area contributed by atoms with Crippen LogP contribution in [-0.4, -0.2) is 13.7 Å². The third-order valence-corrected chi connectivity index (χ3v) is 10.9. The molecule has 0 bridgehead atoms. The summed E-state index contributed by atoms with van der Waals surface area (Å²) in [7, 11) is 0. The molecule has 0 unspecified atom stereocenters. The van der Waals surface area contributed by atoms with Crippen molar-refractivity contribution in [1.29, 1.82) is 0 Å². The van der Waals surface area contributed by atoms with Gasteiger partial charge in [-0.05, 0) is 88.9 Å². The van der Waals surface area contributed by atoms with Crippen molar-refractivity contribution in [2.75, 3.05) is 0 Å². The second kappa shape index (κ2) is 12.5. The Hall–Kier alpha value is -7.62. The summed E-state index contributed by atoms with van der Waals surface area (Å²) in [4.78, 5) is 0. The van der Waals surface area contributed by atoms with Crippen molar-refractivity contribution in [3.8, 4) is 39.3 Å². The van der Waals surface area contributed by atoms with Gasteiger partial charge < -0.3 is 13.7 Å². The molecule has 0 N–H and O–H groups in total. The summed E-state index contributed by atoms with van der Waals surface area (Å²) in [5.41, 5.74) is 4.54. The van der Waals surface area contributed by atoms with E-state index >= 15 is 0 Å². The highest BCUT2D eigenvalue weighted by Crippen LogP contribution is 2.43. The number of nitrogens with zero attached hydrogens (tertiary/aromatic N) is 3. The summed E-state index contributed by atoms with van der Waals surface area (Å²) in [6, 6.07) is 35.4. The van der Waals surface area contributed by atoms with Gasteiger partial charge in [-0.2, -0.15) is 0 Å². The number of fused-ring (bicyclic) bond motifs is 9. The maximum absolute atomic E-state index is 9.98. The predicted octanol–water partition coefficient (Wildman–Crippen LogP) is 14.3. The molecule has 12 aromatic rings. The number of hydrogen-bond donors (Lipinski definition) is 0. The zero-order valence-corrected chi connectivity index (χ0v) is 30.0. The van der Waals surface area contributed by atoms with Gasteiger partial charge >= 0.3 is 0 Å². The van der Waals surface area contributed by atoms with Gasteiger partial charge in [0.2, 0.25) is 0 Å². The van der Waals surface area contributed by atoms with Gasteiger partial charge in [0.1, 0.15) is 0 Å². The lowest BCUT2D eigenvalue weighted by molar-refractivity contribution is 1.17. The Kier molecular flexibility index (Phi) is 4.69. The first-order valence-electron chi connectivity index (χ1n) is 25.1. The molecule has 0 saturated carbocycles. The lowest BCUT2D eigenvalue weighted by Crippen LogP contribution is -1.98. The van der Waals surface area contributed by atoms with E-state index in [0.717, 1.165) is 55.0 Å². The van der Waals surface area contributed by atoms with Crippen molar-refractivity contribution in [3.05, 3.63) is 212 Å². The lowest BCUT2D eigenvalue weighted by atomic mass is 9.98. The Morgan fingerprint density at radius 2 is 0.667 bits per heavy atom. The van der Waals surface area contributed by atoms with E-state index in [1.54, 1.807) is 10.6 Å². The summed E-state index contributed by atoms with van der Waals surface area (Å²) in [5, 5.41) is 5.68. The summed E-state index contributed by atoms with van der Waals surface area (Å²) in [5.74, 6) is 0. The minimum absolute atomic E-state index is 0.196. The fourth-order valence-corrected chi connectivity index (χ4v) is 8.62. The third kappa shape index (κ3) is 4.73. The zero-order chi connectivity index (χ0) is 48.8. The molecule has 0 radical (unpaired) electrons. The van der Waals surface area contributed by atoms with E-state index in [1.165, 1.54) is 0 Å². The van der Waals surface area contributed by atoms with Crippen LogP contribution >= 0.6 is 0 Å². The summed E-state index contributed by atoms with van der Waals surface area (Å²) >= 11 is 0. The first-order valence-corrected chi connectivity index (χ1v) is 18.6. The zero-order valence-electron chi connectivity index (χ0n) is 43.0. The SMILES string of the molecule is [2H]c1c([2H])c([2H])c(-c2c([2H])c(-c3c([2H])c([2H])c([2H])c([2H])c3[2H])c([2H])c(-n3c4ccccc4c4c(-n5c6ccccc6c6c(-n7c8ccccc8c8ccccc87)cccc65)cccc43)c2[2H])c([2H])c1[2H]. The molecule has 0 aliphatic carbocycles. The molecule has 9 aromatic carbocycles. The van der Waals surface area contributed by atoms with Crippen molar-refractivity contribution >= 4 is 65.4 Å². The number of rotatable bonds is 5. The van der Waals surface area contributed by atoms with Crippen molar-refractivity contribution in [2.45, 2.75) is 0 Å². The lowest BCUT2D eigenvalue weighted by Gasteiger charge is -2.15. The highest BCUT2D eigenvalue weighted by Gasteiger charge is 2.23. The Balaban J connectivity index is 1.22. The maximum Gasteiger partial charge on any atom is 0.0651 e. The molecule has 0 spiro atoms. The first-order chi connectivity index (χ1) is 33.7. The molecule has 0 saturated heterocycles. The Bertz CT molecular complexity index is 4090. The Labute approximate surface area is 347 Å². The molecule has 3 heteroatoms. The molecule has 0 aliphatic heterocycles. The smallest absolute Gasteiger partial charge is 0.0651 e. The van der Waals surface area contributed by atoms with Crippen LogP contribution in [0.3, 0.4) is 0 Å². The van der Waals surface area contributed by atoms with Gasteiger partial charge in [-0.25, -0.2) is 0 Å². The topological polar surface area (TPSA) is 14.8 Å². The molecule has 3 aromatic heterocycles. The van der Waals surface area contributed by atoms with Crippen molar-refractivity contribution in [3.63, 3.8) is 0 Å². The van der Waals surface area contributed by atoms with Crippen LogP contribution in [0.1, 0.15) is 17.8 Å². The largest absolute Gasteiger partial charge is 0.309 e. The minimum Gasteiger partial charge on any atom is -0.309 e. The molecule has 0 amide bonds. The van der Waals surface area contributed by atoms with Crippen LogP contribution in [-0.2, 0) is 0 Å². The monoisotopic (exact) mass is 738 g/mol. The molecular formula is C54H35N3. The van der Waals surface area contributed by atoms with Gasteiger partial charge in [-0.1, -0.05) is 145 Å². The van der Waals surface area contributed by atoms with Gasteiger partial charge in [-0.15, -0.1) is 0 Å². The normalized spacial score (nSPS) is 15.1. The number of hydrogen-bond acceptors (Lipinski definition) is 0. The molecule has 0 atom stereocenters. The van der Waals surface area contributed by atoms with Crippen LogP contribution in [0.15, 0.2) is 212 Å². The average molecular weight is 739 g/mol. The van der Waals surface area contributed by atoms with Crippen LogP contribution in [0.4, 0.5) is 0 Å². The highest BCUT2D eigenvalue weighted by molar-refractivity contribution is 6.19. The minimum atomic E-state index is -0.718. The molecule has 0 aliphatic rings. The second-order valence-electron chi connectivity index (χ2n) is 13.9. The number of benzene rings is 9. The van der Waals surface area contributed by atoms with Crippen molar-refractivity contribution in [1.82, 2.24) is 13.7 Å². The molecule has 0 fully saturated rings. The fraction of sp³-hybridized carbons (Fsp3) is 0. The van der Waals surface area contributed by atoms with Gasteiger partial charge in [-0.3, -0.25) is 0 Å². The molecule has 12 rings (SSSR count). The van der Waals surface area contributed by atoms with Gasteiger partial charge in [0.05, 0.1) is 62.3 Å². The van der Waals surface area contributed by atoms with Crippen LogP contribution in [0.5, 0.6) is 0 Å². The Morgan fingerprint density at radius 1 is 0.298 bits per heavy atom. The summed E-state index contributed by atoms with van der Waals surface area (Å²) in [6.45, 7) is 0. The van der Waals surface area contributed by atoms with Gasteiger partial charge in [0.25, 0.3) is 0 Å². The van der Waals surface area contributed by atoms with E-state index < -0.39 is 101 Å². The summed E-state index contributed by atoms with van der Waals surface area (Å²) in [6.07, 6.45) is 0. The van der Waals surface area contributed by atoms with Crippen LogP contribution in [0.2, 0.25) is 0 Å². The first kappa shape index (κ1) is 21.5. The van der Waals surface area contributed by atoms with Gasteiger partial charge in [0, 0.05) is 38.0 Å². The van der Waals surface area contributed by atoms with Crippen molar-refractivity contribution < 1.29 is 17.8 Å². The number of aromatic nitrogens is 3. The molecule has 266 valence electrons. The summed E-state index contributed by atoms with van der Waals surface area (Å²) < 4.78 is 123. The second-order valence-corrected chi connectivity index (χ2v) is 13.9. The number of para-hydroxylation sites is 4. The molecular weight excluding hydrogens is 691 g/mol. The maximum atomic E-state index is 9.98. The third-order valence-electron chi connectivity index (χ3n) is 10.9. The Morgan fingerprint density at radius 3 is 1.16 bits per heavy atom. The van der Waals surface area contributed by atoms with E-state index in [2.05, 4.69) is 57.7 Å². The molecule has 3 nitrogen and oxygen atoms in total. The molecule has 57 heavy (non-hydrogen) atoms. The standard InChI is InChI=1S/C54H35N3/c1-3-17-36(18-4-1)38-33-39(37-19-5-2-6-20-37)35-40(34-38)55-47-27-13-9-23-43(47)53-49(55)29-15-31-51(53)57-48-28-14-10-24-44(48)54-50(30-16-32-52(54)57)56-45-25-11-7-21-41(45)42-22-8-12-26-46(42)56/h1-35H/i1D,2D,3D,4D,5D,6D,17D,18D,19D,20D,33D,34D,35D. The van der Waals surface area contributed by atoms with Crippen molar-refractivity contribution in [2.24, 2.45) is 0 Å². The van der Waals surface area contributed by atoms with E-state index in [4.69, 9.17) is 13.7 Å². The van der Waals surface area contributed by atoms with E-state index in [0.29, 0.717) is 21.8 Å². The average Bonchev–Trinajstić information content (AvgIpc) is 4.02. The predicted molar refractivity (Wildman–Crippen MR) is 240 cm³/mol. The van der Waals surface area contributed by atoms with Crippen LogP contribution in [0.25, 0.3) is 105 Å². The quantitative estimate of drug-likeness (QED) is 0.167. The highest BCUT2D eigenvalue weighted by atomic mass is 15.0. The van der Waals surface area contributed by atoms with Gasteiger partial charge in [0.15, 0.2) is 0 Å². The van der Waals surface area contributed by atoms with Crippen LogP contribution < -0.4 is 0 Å². The van der Waals surface area contributed by atoms with E-state index in [9.17, 15) is 4.11 Å². The molecule has 3 heterocycles.